The molecule has 0 spiro atoms. The monoisotopic (exact) mass is 665 g/mol. The molecule has 2 unspecified atom stereocenters. The zero-order chi connectivity index (χ0) is 34.1. The second-order valence-corrected chi connectivity index (χ2v) is 18.0. The van der Waals surface area contributed by atoms with Crippen molar-refractivity contribution in [2.75, 3.05) is 18.6 Å². The van der Waals surface area contributed by atoms with E-state index in [9.17, 15) is 9.90 Å². The molecule has 5 rings (SSSR count). The third-order valence-corrected chi connectivity index (χ3v) is 14.6. The van der Waals surface area contributed by atoms with Crippen molar-refractivity contribution in [1.29, 1.82) is 0 Å². The van der Waals surface area contributed by atoms with Crippen molar-refractivity contribution in [2.45, 2.75) is 89.7 Å². The molecule has 0 radical (unpaired) electrons. The molecule has 1 aliphatic heterocycles. The van der Waals surface area contributed by atoms with Crippen molar-refractivity contribution in [2.24, 2.45) is 0 Å². The van der Waals surface area contributed by atoms with Gasteiger partial charge in [0.15, 0.2) is 0 Å². The summed E-state index contributed by atoms with van der Waals surface area (Å²) in [5.74, 6) is 0.783. The fraction of sp³-hybridized carbons (Fsp3) is 0.390. The van der Waals surface area contributed by atoms with Crippen LogP contribution in [0.1, 0.15) is 77.0 Å². The third kappa shape index (κ3) is 7.76. The van der Waals surface area contributed by atoms with Gasteiger partial charge in [-0.1, -0.05) is 132 Å². The number of hydrogen-bond donors (Lipinski definition) is 1. The van der Waals surface area contributed by atoms with Crippen LogP contribution in [-0.2, 0) is 20.6 Å². The molecule has 1 heterocycles. The van der Waals surface area contributed by atoms with Gasteiger partial charge in [0.1, 0.15) is 5.75 Å². The van der Waals surface area contributed by atoms with Crippen LogP contribution in [0.2, 0.25) is 5.04 Å². The van der Waals surface area contributed by atoms with Gasteiger partial charge in [0.25, 0.3) is 8.32 Å². The molecule has 1 saturated heterocycles. The summed E-state index contributed by atoms with van der Waals surface area (Å²) < 4.78 is 19.1. The third-order valence-electron chi connectivity index (χ3n) is 9.56. The average Bonchev–Trinajstić information content (AvgIpc) is 3.43. The lowest BCUT2D eigenvalue weighted by molar-refractivity contribution is -0.117. The summed E-state index contributed by atoms with van der Waals surface area (Å²) in [4.78, 5) is 15.5. The van der Waals surface area contributed by atoms with E-state index in [0.29, 0.717) is 6.61 Å². The summed E-state index contributed by atoms with van der Waals surface area (Å²) in [7, 11) is -1.26. The molecule has 7 heteroatoms. The fourth-order valence-electron chi connectivity index (χ4n) is 7.03. The van der Waals surface area contributed by atoms with Crippen LogP contribution in [0.4, 0.5) is 5.69 Å². The normalized spacial score (nSPS) is 17.5. The van der Waals surface area contributed by atoms with Crippen molar-refractivity contribution in [3.63, 3.8) is 0 Å². The van der Waals surface area contributed by atoms with Crippen LogP contribution >= 0.6 is 0 Å². The van der Waals surface area contributed by atoms with Crippen LogP contribution in [-0.4, -0.2) is 45.2 Å². The van der Waals surface area contributed by atoms with E-state index in [-0.39, 0.29) is 30.1 Å². The summed E-state index contributed by atoms with van der Waals surface area (Å²) in [5, 5.41) is 12.9. The van der Waals surface area contributed by atoms with Gasteiger partial charge in [0.05, 0.1) is 45.0 Å². The number of benzene rings is 4. The Bertz CT molecular complexity index is 1530. The number of aliphatic hydroxyl groups is 1. The van der Waals surface area contributed by atoms with Gasteiger partial charge in [-0.15, -0.1) is 0 Å². The second-order valence-electron chi connectivity index (χ2n) is 13.8. The molecule has 254 valence electrons. The smallest absolute Gasteiger partial charge is 0.261 e. The van der Waals surface area contributed by atoms with E-state index in [4.69, 9.17) is 13.9 Å². The number of unbranched alkanes of at least 4 members (excludes halogenated alkanes) is 2. The summed E-state index contributed by atoms with van der Waals surface area (Å²) >= 11 is 0. The molecule has 0 aliphatic carbocycles. The number of ether oxygens (including phenoxy) is 2. The highest BCUT2D eigenvalue weighted by Gasteiger charge is 2.54. The van der Waals surface area contributed by atoms with E-state index < -0.39 is 20.5 Å². The Morgan fingerprint density at radius 1 is 0.854 bits per heavy atom. The van der Waals surface area contributed by atoms with E-state index in [2.05, 4.69) is 88.4 Å². The molecule has 3 atom stereocenters. The number of nitrogens with zero attached hydrogens (tertiary/aromatic N) is 1. The molecular weight excluding hydrogens is 615 g/mol. The maximum absolute atomic E-state index is 13.8. The SMILES string of the molecule is CCCCCC(OCc1ccc(OC)cc1)c1ccc(N2C(=O)CC(O[Si](c3ccccc3)(c3ccccc3)C(C)(C)C)[C@@H]2CO)cc1. The van der Waals surface area contributed by atoms with Gasteiger partial charge in [0.2, 0.25) is 5.91 Å². The molecular formula is C41H51NO5Si. The molecule has 0 bridgehead atoms. The largest absolute Gasteiger partial charge is 0.497 e. The molecule has 0 saturated carbocycles. The van der Waals surface area contributed by atoms with E-state index in [1.165, 1.54) is 0 Å². The zero-order valence-electron chi connectivity index (χ0n) is 29.1. The van der Waals surface area contributed by atoms with Crippen molar-refractivity contribution in [3.05, 3.63) is 120 Å². The molecule has 1 aliphatic rings. The first-order valence-electron chi connectivity index (χ1n) is 17.3. The first-order valence-corrected chi connectivity index (χ1v) is 19.2. The highest BCUT2D eigenvalue weighted by Crippen LogP contribution is 2.40. The minimum atomic E-state index is -2.93. The van der Waals surface area contributed by atoms with Gasteiger partial charge < -0.3 is 23.9 Å². The fourth-order valence-corrected chi connectivity index (χ4v) is 11.7. The van der Waals surface area contributed by atoms with Crippen LogP contribution in [0.5, 0.6) is 5.75 Å². The molecule has 48 heavy (non-hydrogen) atoms. The van der Waals surface area contributed by atoms with E-state index in [1.807, 2.05) is 48.5 Å². The van der Waals surface area contributed by atoms with Gasteiger partial charge in [0, 0.05) is 5.69 Å². The van der Waals surface area contributed by atoms with Gasteiger partial charge in [-0.3, -0.25) is 4.79 Å². The average molecular weight is 666 g/mol. The Morgan fingerprint density at radius 3 is 1.98 bits per heavy atom. The lowest BCUT2D eigenvalue weighted by Crippen LogP contribution is -2.68. The zero-order valence-corrected chi connectivity index (χ0v) is 30.1. The second kappa shape index (κ2) is 16.1. The molecule has 6 nitrogen and oxygen atoms in total. The molecule has 4 aromatic rings. The van der Waals surface area contributed by atoms with Crippen molar-refractivity contribution in [3.8, 4) is 5.75 Å². The molecule has 1 amide bonds. The summed E-state index contributed by atoms with van der Waals surface area (Å²) in [6.07, 6.45) is 3.95. The number of amides is 1. The topological polar surface area (TPSA) is 68.2 Å². The van der Waals surface area contributed by atoms with Crippen LogP contribution < -0.4 is 20.0 Å². The van der Waals surface area contributed by atoms with Crippen molar-refractivity contribution in [1.82, 2.24) is 0 Å². The Morgan fingerprint density at radius 2 is 1.46 bits per heavy atom. The Hall–Kier alpha value is -3.75. The molecule has 0 aromatic heterocycles. The Labute approximate surface area is 287 Å². The predicted octanol–water partition coefficient (Wildman–Crippen LogP) is 7.58. The van der Waals surface area contributed by atoms with Crippen LogP contribution in [0.15, 0.2) is 109 Å². The number of anilines is 1. The van der Waals surface area contributed by atoms with Crippen LogP contribution in [0.25, 0.3) is 0 Å². The first kappa shape index (κ1) is 35.6. The van der Waals surface area contributed by atoms with Crippen molar-refractivity contribution < 1.29 is 23.8 Å². The van der Waals surface area contributed by atoms with Gasteiger partial charge >= 0.3 is 0 Å². The van der Waals surface area contributed by atoms with Crippen LogP contribution in [0, 0.1) is 0 Å². The number of aliphatic hydroxyl groups excluding tert-OH is 1. The van der Waals surface area contributed by atoms with Gasteiger partial charge in [-0.2, -0.15) is 0 Å². The highest BCUT2D eigenvalue weighted by molar-refractivity contribution is 6.99. The van der Waals surface area contributed by atoms with Gasteiger partial charge in [-0.05, 0) is 57.2 Å². The number of hydrogen-bond acceptors (Lipinski definition) is 5. The molecule has 4 aromatic carbocycles. The Kier molecular flexibility index (Phi) is 11.9. The lowest BCUT2D eigenvalue weighted by atomic mass is 10.0. The maximum Gasteiger partial charge on any atom is 0.261 e. The quantitative estimate of drug-likeness (QED) is 0.105. The van der Waals surface area contributed by atoms with Gasteiger partial charge in [-0.25, -0.2) is 0 Å². The summed E-state index contributed by atoms with van der Waals surface area (Å²) in [6.45, 7) is 9.20. The first-order chi connectivity index (χ1) is 23.2. The summed E-state index contributed by atoms with van der Waals surface area (Å²) in [5.41, 5.74) is 2.93. The minimum absolute atomic E-state index is 0.0417. The Balaban J connectivity index is 1.40. The molecule has 1 N–H and O–H groups in total. The molecule has 1 fully saturated rings. The van der Waals surface area contributed by atoms with E-state index in [1.54, 1.807) is 12.0 Å². The number of methoxy groups -OCH3 is 1. The van der Waals surface area contributed by atoms with Crippen LogP contribution in [0.3, 0.4) is 0 Å². The summed E-state index contributed by atoms with van der Waals surface area (Å²) in [6, 6.07) is 36.5. The number of rotatable bonds is 15. The minimum Gasteiger partial charge on any atom is -0.497 e. The number of carbonyl (C=O) groups excluding carboxylic acids is 1. The maximum atomic E-state index is 13.8. The van der Waals surface area contributed by atoms with Crippen molar-refractivity contribution >= 4 is 30.3 Å². The number of carbonyl (C=O) groups is 1. The van der Waals surface area contributed by atoms with E-state index in [0.717, 1.165) is 58.6 Å². The highest BCUT2D eigenvalue weighted by atomic mass is 28.4. The van der Waals surface area contributed by atoms with E-state index >= 15 is 0 Å². The lowest BCUT2D eigenvalue weighted by Gasteiger charge is -2.45. The predicted molar refractivity (Wildman–Crippen MR) is 197 cm³/mol. The standard InChI is InChI=1S/C41H51NO5Si/c1-6-7-10-19-38(46-30-31-20-26-34(45-5)27-21-31)32-22-24-33(25-23-32)42-37(29-43)39(28-40(42)44)47-48(41(2,3)4,35-15-11-8-12-16-35)36-17-13-9-14-18-36/h8-9,11-18,20-27,37-39,43H,6-7,10,19,28-30H2,1-5H3/t37-,38?,39?/m0/s1.